The van der Waals surface area contributed by atoms with Gasteiger partial charge in [0.2, 0.25) is 0 Å². The Morgan fingerprint density at radius 2 is 1.85 bits per heavy atom. The van der Waals surface area contributed by atoms with E-state index in [1.54, 1.807) is 4.90 Å². The topological polar surface area (TPSA) is 70.8 Å². The van der Waals surface area contributed by atoms with Gasteiger partial charge in [-0.25, -0.2) is 4.79 Å². The molecule has 2 amide bonds. The molecule has 0 spiro atoms. The summed E-state index contributed by atoms with van der Waals surface area (Å²) in [5, 5.41) is 3.66. The van der Waals surface area contributed by atoms with Crippen LogP contribution in [0.15, 0.2) is 0 Å². The lowest BCUT2D eigenvalue weighted by atomic mass is 9.99. The van der Waals surface area contributed by atoms with Gasteiger partial charge in [0.05, 0.1) is 13.2 Å². The zero-order chi connectivity index (χ0) is 14.6. The Morgan fingerprint density at radius 1 is 1.25 bits per heavy atom. The van der Waals surface area contributed by atoms with Gasteiger partial charge in [0.25, 0.3) is 0 Å². The van der Waals surface area contributed by atoms with Crippen LogP contribution >= 0.6 is 0 Å². The predicted octanol–water partition coefficient (Wildman–Crippen LogP) is 0.230. The third-order valence-corrected chi connectivity index (χ3v) is 4.50. The number of morpholine rings is 1. The van der Waals surface area contributed by atoms with Gasteiger partial charge in [-0.3, -0.25) is 4.90 Å². The summed E-state index contributed by atoms with van der Waals surface area (Å²) in [6, 6.07) is 0.197. The van der Waals surface area contributed by atoms with Gasteiger partial charge in [0, 0.05) is 44.3 Å². The van der Waals surface area contributed by atoms with Crippen molar-refractivity contribution in [3.05, 3.63) is 0 Å². The molecule has 0 aromatic heterocycles. The van der Waals surface area contributed by atoms with Gasteiger partial charge in [0.15, 0.2) is 0 Å². The number of nitrogens with two attached hydrogens (primary N) is 1. The number of piperidine rings is 1. The number of hydrogen-bond donors (Lipinski definition) is 2. The van der Waals surface area contributed by atoms with E-state index in [0.717, 1.165) is 58.8 Å². The average Bonchev–Trinajstić information content (AvgIpc) is 2.46. The molecule has 2 heterocycles. The Morgan fingerprint density at radius 3 is 2.40 bits per heavy atom. The van der Waals surface area contributed by atoms with Crippen molar-refractivity contribution >= 4 is 6.03 Å². The third kappa shape index (κ3) is 4.07. The lowest BCUT2D eigenvalue weighted by Gasteiger charge is -2.42. The molecule has 0 atom stereocenters. The number of primary amides is 1. The first-order valence-electron chi connectivity index (χ1n) is 7.59. The van der Waals surface area contributed by atoms with Crippen LogP contribution in [0.2, 0.25) is 0 Å². The van der Waals surface area contributed by atoms with E-state index in [-0.39, 0.29) is 11.6 Å². The van der Waals surface area contributed by atoms with Crippen LogP contribution in [0, 0.1) is 0 Å². The maximum Gasteiger partial charge on any atom is 0.314 e. The van der Waals surface area contributed by atoms with E-state index in [1.165, 1.54) is 0 Å². The number of hydrogen-bond acceptors (Lipinski definition) is 4. The fraction of sp³-hybridized carbons (Fsp3) is 0.929. The predicted molar refractivity (Wildman–Crippen MR) is 78.7 cm³/mol. The largest absolute Gasteiger partial charge is 0.379 e. The number of urea groups is 1. The molecule has 0 radical (unpaired) electrons. The summed E-state index contributed by atoms with van der Waals surface area (Å²) in [5.74, 6) is 0. The van der Waals surface area contributed by atoms with E-state index < -0.39 is 0 Å². The van der Waals surface area contributed by atoms with E-state index in [2.05, 4.69) is 24.1 Å². The highest BCUT2D eigenvalue weighted by atomic mass is 16.5. The summed E-state index contributed by atoms with van der Waals surface area (Å²) in [6.07, 6.45) is 1.98. The minimum absolute atomic E-state index is 0.143. The molecular weight excluding hydrogens is 256 g/mol. The van der Waals surface area contributed by atoms with Crippen LogP contribution in [0.25, 0.3) is 0 Å². The smallest absolute Gasteiger partial charge is 0.314 e. The van der Waals surface area contributed by atoms with Crippen LogP contribution in [-0.4, -0.2) is 73.3 Å². The molecule has 0 aromatic rings. The second-order valence-corrected chi connectivity index (χ2v) is 6.39. The summed E-state index contributed by atoms with van der Waals surface area (Å²) in [5.41, 5.74) is 5.44. The molecule has 0 aromatic carbocycles. The standard InChI is InChI=1S/C14H28N4O2/c1-14(2,18-7-9-20-10-8-18)11-16-12-3-5-17(6-4-12)13(15)19/h12,16H,3-11H2,1-2H3,(H2,15,19). The summed E-state index contributed by atoms with van der Waals surface area (Å²) < 4.78 is 5.41. The monoisotopic (exact) mass is 284 g/mol. The quantitative estimate of drug-likeness (QED) is 0.775. The SMILES string of the molecule is CC(C)(CNC1CCN(C(N)=O)CC1)N1CCOCC1. The van der Waals surface area contributed by atoms with E-state index >= 15 is 0 Å². The Labute approximate surface area is 121 Å². The highest BCUT2D eigenvalue weighted by molar-refractivity contribution is 5.72. The lowest BCUT2D eigenvalue weighted by molar-refractivity contribution is -0.0108. The summed E-state index contributed by atoms with van der Waals surface area (Å²) in [6.45, 7) is 10.8. The lowest BCUT2D eigenvalue weighted by Crippen LogP contribution is -2.57. The zero-order valence-electron chi connectivity index (χ0n) is 12.7. The van der Waals surface area contributed by atoms with E-state index in [1.807, 2.05) is 0 Å². The van der Waals surface area contributed by atoms with Crippen molar-refractivity contribution in [2.75, 3.05) is 45.9 Å². The van der Waals surface area contributed by atoms with Crippen LogP contribution in [0.3, 0.4) is 0 Å². The normalized spacial score (nSPS) is 23.0. The third-order valence-electron chi connectivity index (χ3n) is 4.50. The van der Waals surface area contributed by atoms with Crippen molar-refractivity contribution in [2.45, 2.75) is 38.3 Å². The highest BCUT2D eigenvalue weighted by Gasteiger charge is 2.29. The van der Waals surface area contributed by atoms with E-state index in [0.29, 0.717) is 6.04 Å². The molecule has 2 fully saturated rings. The van der Waals surface area contributed by atoms with E-state index in [4.69, 9.17) is 10.5 Å². The number of likely N-dealkylation sites (tertiary alicyclic amines) is 1. The number of rotatable bonds is 4. The second kappa shape index (κ2) is 6.74. The summed E-state index contributed by atoms with van der Waals surface area (Å²) in [7, 11) is 0. The molecule has 6 nitrogen and oxygen atoms in total. The molecule has 3 N–H and O–H groups in total. The molecule has 2 aliphatic heterocycles. The Balaban J connectivity index is 1.73. The van der Waals surface area contributed by atoms with Gasteiger partial charge in [0.1, 0.15) is 0 Å². The molecule has 2 rings (SSSR count). The number of ether oxygens (including phenoxy) is 1. The van der Waals surface area contributed by atoms with Crippen molar-refractivity contribution in [2.24, 2.45) is 5.73 Å². The molecule has 6 heteroatoms. The second-order valence-electron chi connectivity index (χ2n) is 6.39. The van der Waals surface area contributed by atoms with Crippen LogP contribution < -0.4 is 11.1 Å². The highest BCUT2D eigenvalue weighted by Crippen LogP contribution is 2.17. The van der Waals surface area contributed by atoms with Gasteiger partial charge in [-0.1, -0.05) is 0 Å². The molecule has 0 unspecified atom stereocenters. The van der Waals surface area contributed by atoms with Crippen molar-refractivity contribution in [3.63, 3.8) is 0 Å². The van der Waals surface area contributed by atoms with Crippen molar-refractivity contribution in [1.82, 2.24) is 15.1 Å². The van der Waals surface area contributed by atoms with Gasteiger partial charge < -0.3 is 20.7 Å². The van der Waals surface area contributed by atoms with Gasteiger partial charge in [-0.05, 0) is 26.7 Å². The first kappa shape index (κ1) is 15.5. The zero-order valence-corrected chi connectivity index (χ0v) is 12.7. The first-order chi connectivity index (χ1) is 9.49. The Hall–Kier alpha value is -0.850. The van der Waals surface area contributed by atoms with Crippen LogP contribution in [0.4, 0.5) is 4.79 Å². The number of carbonyl (C=O) groups is 1. The van der Waals surface area contributed by atoms with Crippen molar-refractivity contribution in [1.29, 1.82) is 0 Å². The minimum atomic E-state index is -0.294. The number of nitrogens with zero attached hydrogens (tertiary/aromatic N) is 2. The molecule has 116 valence electrons. The molecular formula is C14H28N4O2. The van der Waals surface area contributed by atoms with Crippen molar-refractivity contribution < 1.29 is 9.53 Å². The number of nitrogens with one attached hydrogen (secondary N) is 1. The Kier molecular flexibility index (Phi) is 5.23. The average molecular weight is 284 g/mol. The maximum absolute atomic E-state index is 11.1. The molecule has 0 bridgehead atoms. The first-order valence-corrected chi connectivity index (χ1v) is 7.59. The fourth-order valence-electron chi connectivity index (χ4n) is 2.98. The van der Waals surface area contributed by atoms with Gasteiger partial charge in [-0.15, -0.1) is 0 Å². The van der Waals surface area contributed by atoms with Crippen LogP contribution in [-0.2, 0) is 4.74 Å². The summed E-state index contributed by atoms with van der Waals surface area (Å²) in [4.78, 5) is 15.3. The van der Waals surface area contributed by atoms with Crippen LogP contribution in [0.5, 0.6) is 0 Å². The fourth-order valence-corrected chi connectivity index (χ4v) is 2.98. The number of carbonyl (C=O) groups excluding carboxylic acids is 1. The van der Waals surface area contributed by atoms with Gasteiger partial charge in [-0.2, -0.15) is 0 Å². The van der Waals surface area contributed by atoms with E-state index in [9.17, 15) is 4.79 Å². The molecule has 0 saturated carbocycles. The molecule has 2 saturated heterocycles. The minimum Gasteiger partial charge on any atom is -0.379 e. The molecule has 20 heavy (non-hydrogen) atoms. The van der Waals surface area contributed by atoms with Gasteiger partial charge >= 0.3 is 6.03 Å². The molecule has 2 aliphatic rings. The Bertz CT molecular complexity index is 321. The number of amides is 2. The molecule has 0 aliphatic carbocycles. The maximum atomic E-state index is 11.1. The van der Waals surface area contributed by atoms with Crippen molar-refractivity contribution in [3.8, 4) is 0 Å². The van der Waals surface area contributed by atoms with Crippen LogP contribution in [0.1, 0.15) is 26.7 Å². The summed E-state index contributed by atoms with van der Waals surface area (Å²) >= 11 is 0.